The highest BCUT2D eigenvalue weighted by Crippen LogP contribution is 2.26. The molecule has 0 saturated carbocycles. The van der Waals surface area contributed by atoms with E-state index >= 15 is 0 Å². The van der Waals surface area contributed by atoms with Gasteiger partial charge in [0.2, 0.25) is 0 Å². The highest BCUT2D eigenvalue weighted by molar-refractivity contribution is 6.00. The first-order valence-electron chi connectivity index (χ1n) is 5.24. The van der Waals surface area contributed by atoms with Gasteiger partial charge in [0.1, 0.15) is 18.3 Å². The van der Waals surface area contributed by atoms with Crippen molar-refractivity contribution in [3.8, 4) is 0 Å². The highest BCUT2D eigenvalue weighted by atomic mass is 16.6. The van der Waals surface area contributed by atoms with Crippen LogP contribution < -0.4 is 5.32 Å². The maximum absolute atomic E-state index is 11.5. The Hall–Kier alpha value is -1.26. The van der Waals surface area contributed by atoms with Crippen LogP contribution in [0.15, 0.2) is 0 Å². The SMILES string of the molecule is O=C1NC(=O)N([C@@H]2O[C@H](CO)[C@@H](O)[C@H]2O)[CH]C1O. The topological polar surface area (TPSA) is 140 Å². The van der Waals surface area contributed by atoms with Crippen LogP contribution in [0.2, 0.25) is 0 Å². The summed E-state index contributed by atoms with van der Waals surface area (Å²) in [5.41, 5.74) is 0. The van der Waals surface area contributed by atoms with E-state index in [1.165, 1.54) is 0 Å². The van der Waals surface area contributed by atoms with Gasteiger partial charge in [0.25, 0.3) is 5.91 Å². The van der Waals surface area contributed by atoms with E-state index in [-0.39, 0.29) is 0 Å². The van der Waals surface area contributed by atoms with Gasteiger partial charge in [0, 0.05) is 0 Å². The molecular weight excluding hydrogens is 248 g/mol. The number of hydrogen-bond acceptors (Lipinski definition) is 7. The molecule has 0 aromatic rings. The van der Waals surface area contributed by atoms with Crippen LogP contribution in [-0.4, -0.2) is 74.5 Å². The van der Waals surface area contributed by atoms with Crippen LogP contribution in [0.1, 0.15) is 0 Å². The van der Waals surface area contributed by atoms with E-state index in [1.54, 1.807) is 0 Å². The minimum absolute atomic E-state index is 0.536. The number of ether oxygens (including phenoxy) is 1. The first kappa shape index (κ1) is 13.2. The molecule has 0 bridgehead atoms. The second-order valence-electron chi connectivity index (χ2n) is 4.02. The van der Waals surface area contributed by atoms with Crippen molar-refractivity contribution in [2.45, 2.75) is 30.6 Å². The quantitative estimate of drug-likeness (QED) is 0.347. The Morgan fingerprint density at radius 2 is 1.94 bits per heavy atom. The Balaban J connectivity index is 2.12. The maximum atomic E-state index is 11.5. The number of carbonyl (C=O) groups excluding carboxylic acids is 2. The molecule has 18 heavy (non-hydrogen) atoms. The zero-order valence-electron chi connectivity index (χ0n) is 9.13. The van der Waals surface area contributed by atoms with Crippen molar-refractivity contribution < 1.29 is 34.8 Å². The number of aliphatic hydroxyl groups excluding tert-OH is 4. The van der Waals surface area contributed by atoms with E-state index in [1.807, 2.05) is 5.32 Å². The zero-order valence-corrected chi connectivity index (χ0v) is 9.13. The Bertz CT molecular complexity index is 363. The lowest BCUT2D eigenvalue weighted by molar-refractivity contribution is -0.133. The maximum Gasteiger partial charge on any atom is 0.326 e. The number of nitrogens with zero attached hydrogens (tertiary/aromatic N) is 1. The molecule has 9 nitrogen and oxygen atoms in total. The zero-order chi connectivity index (χ0) is 13.4. The van der Waals surface area contributed by atoms with Crippen LogP contribution in [0.4, 0.5) is 4.79 Å². The van der Waals surface area contributed by atoms with Crippen molar-refractivity contribution in [1.29, 1.82) is 0 Å². The number of imide groups is 1. The molecule has 2 fully saturated rings. The average molecular weight is 261 g/mol. The smallest absolute Gasteiger partial charge is 0.326 e. The molecule has 0 aromatic heterocycles. The van der Waals surface area contributed by atoms with Gasteiger partial charge in [-0.2, -0.15) is 0 Å². The molecule has 2 aliphatic heterocycles. The van der Waals surface area contributed by atoms with Crippen molar-refractivity contribution in [3.63, 3.8) is 0 Å². The first-order valence-corrected chi connectivity index (χ1v) is 5.24. The lowest BCUT2D eigenvalue weighted by Gasteiger charge is -2.34. The molecule has 2 saturated heterocycles. The Kier molecular flexibility index (Phi) is 3.50. The van der Waals surface area contributed by atoms with Gasteiger partial charge in [-0.1, -0.05) is 0 Å². The summed E-state index contributed by atoms with van der Waals surface area (Å²) in [6.45, 7) is 0.340. The van der Waals surface area contributed by atoms with Gasteiger partial charge >= 0.3 is 6.03 Å². The molecule has 1 radical (unpaired) electrons. The van der Waals surface area contributed by atoms with E-state index in [4.69, 9.17) is 9.84 Å². The van der Waals surface area contributed by atoms with Crippen LogP contribution in [-0.2, 0) is 9.53 Å². The Morgan fingerprint density at radius 1 is 1.28 bits per heavy atom. The number of amides is 3. The number of urea groups is 1. The fourth-order valence-electron chi connectivity index (χ4n) is 1.84. The van der Waals surface area contributed by atoms with Crippen LogP contribution >= 0.6 is 0 Å². The van der Waals surface area contributed by atoms with E-state index in [9.17, 15) is 24.9 Å². The van der Waals surface area contributed by atoms with Gasteiger partial charge in [-0.25, -0.2) is 4.79 Å². The molecular formula is C9H13N2O7. The summed E-state index contributed by atoms with van der Waals surface area (Å²) in [4.78, 5) is 23.3. The van der Waals surface area contributed by atoms with Crippen LogP contribution in [0.25, 0.3) is 0 Å². The molecule has 3 amide bonds. The molecule has 2 rings (SSSR count). The third kappa shape index (κ3) is 2.06. The third-order valence-corrected chi connectivity index (χ3v) is 2.83. The van der Waals surface area contributed by atoms with Crippen LogP contribution in [0.5, 0.6) is 0 Å². The summed E-state index contributed by atoms with van der Waals surface area (Å²) in [5.74, 6) is -0.886. The third-order valence-electron chi connectivity index (χ3n) is 2.83. The largest absolute Gasteiger partial charge is 0.394 e. The summed E-state index contributed by atoms with van der Waals surface area (Å²) in [6.07, 6.45) is -6.69. The van der Waals surface area contributed by atoms with Crippen LogP contribution in [0, 0.1) is 6.54 Å². The molecule has 101 valence electrons. The molecule has 5 N–H and O–H groups in total. The standard InChI is InChI=1S/C9H13N2O7/c12-2-4-5(14)6(15)8(18-4)11-1-3(13)7(16)10-9(11)17/h1,3-6,8,12-15H,2H2,(H,10,16,17)/t3?,4-,5-,6-,8-/m1/s1. The Morgan fingerprint density at radius 3 is 2.50 bits per heavy atom. The minimum Gasteiger partial charge on any atom is -0.394 e. The van der Waals surface area contributed by atoms with Crippen LogP contribution in [0.3, 0.4) is 0 Å². The monoisotopic (exact) mass is 261 g/mol. The molecule has 0 aliphatic carbocycles. The first-order chi connectivity index (χ1) is 8.45. The summed E-state index contributed by atoms with van der Waals surface area (Å²) in [6, 6.07) is -0.889. The number of aliphatic hydroxyl groups is 4. The van der Waals surface area contributed by atoms with Gasteiger partial charge in [-0.3, -0.25) is 15.0 Å². The van der Waals surface area contributed by atoms with E-state index in [2.05, 4.69) is 0 Å². The fraction of sp³-hybridized carbons (Fsp3) is 0.667. The normalized spacial score (nSPS) is 41.1. The molecule has 0 spiro atoms. The minimum atomic E-state index is -1.55. The number of nitrogens with one attached hydrogen (secondary N) is 1. The average Bonchev–Trinajstić information content (AvgIpc) is 2.61. The van der Waals surface area contributed by atoms with Crippen molar-refractivity contribution in [2.75, 3.05) is 6.61 Å². The summed E-state index contributed by atoms with van der Waals surface area (Å²) in [5, 5.41) is 39.3. The molecule has 5 atom stereocenters. The van der Waals surface area contributed by atoms with Crippen molar-refractivity contribution >= 4 is 11.9 Å². The predicted molar refractivity (Wildman–Crippen MR) is 53.4 cm³/mol. The van der Waals surface area contributed by atoms with E-state index < -0.39 is 49.2 Å². The molecule has 1 unspecified atom stereocenters. The summed E-state index contributed by atoms with van der Waals surface area (Å²) in [7, 11) is 0. The molecule has 2 aliphatic rings. The number of hydrogen-bond donors (Lipinski definition) is 5. The van der Waals surface area contributed by atoms with Gasteiger partial charge in [0.05, 0.1) is 13.2 Å². The molecule has 2 heterocycles. The lowest BCUT2D eigenvalue weighted by atomic mass is 10.1. The van der Waals surface area contributed by atoms with Crippen molar-refractivity contribution in [1.82, 2.24) is 10.2 Å². The van der Waals surface area contributed by atoms with Gasteiger partial charge in [-0.05, 0) is 0 Å². The Labute approximate surface area is 102 Å². The van der Waals surface area contributed by atoms with Gasteiger partial charge in [0.15, 0.2) is 12.3 Å². The fourth-order valence-corrected chi connectivity index (χ4v) is 1.84. The van der Waals surface area contributed by atoms with Gasteiger partial charge < -0.3 is 25.2 Å². The van der Waals surface area contributed by atoms with Crippen molar-refractivity contribution in [2.24, 2.45) is 0 Å². The molecule has 0 aromatic carbocycles. The second-order valence-corrected chi connectivity index (χ2v) is 4.02. The molecule has 9 heteroatoms. The number of carbonyl (C=O) groups is 2. The highest BCUT2D eigenvalue weighted by Gasteiger charge is 2.49. The second kappa shape index (κ2) is 4.78. The summed E-state index contributed by atoms with van der Waals surface area (Å²) < 4.78 is 5.09. The number of rotatable bonds is 2. The van der Waals surface area contributed by atoms with E-state index in [0.717, 1.165) is 11.4 Å². The summed E-state index contributed by atoms with van der Waals surface area (Å²) >= 11 is 0. The lowest BCUT2D eigenvalue weighted by Crippen LogP contribution is -2.59. The van der Waals surface area contributed by atoms with Gasteiger partial charge in [-0.15, -0.1) is 0 Å². The van der Waals surface area contributed by atoms with Crippen molar-refractivity contribution in [3.05, 3.63) is 6.54 Å². The van der Waals surface area contributed by atoms with E-state index in [0.29, 0.717) is 0 Å². The predicted octanol–water partition coefficient (Wildman–Crippen LogP) is -3.50.